The molecule has 1 N–H and O–H groups in total. The Labute approximate surface area is 164 Å². The van der Waals surface area contributed by atoms with Crippen molar-refractivity contribution in [3.63, 3.8) is 0 Å². The van der Waals surface area contributed by atoms with E-state index in [1.807, 2.05) is 19.9 Å². The van der Waals surface area contributed by atoms with E-state index in [9.17, 15) is 14.9 Å². The van der Waals surface area contributed by atoms with Crippen LogP contribution in [0.2, 0.25) is 0 Å². The zero-order valence-electron chi connectivity index (χ0n) is 16.1. The molecule has 0 bridgehead atoms. The lowest BCUT2D eigenvalue weighted by atomic mass is 10.1. The second-order valence-electron chi connectivity index (χ2n) is 6.16. The standard InChI is InChI=1S/C22H22N2O4/c1-4-27-22(26)17-7-9-19(10-8-17)24-21(25)18(14-23)13-16-5-11-20(12-6-16)28-15(2)3/h5-13,15H,4H2,1-3H3,(H,24,25)/b18-13+. The summed E-state index contributed by atoms with van der Waals surface area (Å²) < 4.78 is 10.5. The van der Waals surface area contributed by atoms with Crippen LogP contribution in [0.25, 0.3) is 6.08 Å². The summed E-state index contributed by atoms with van der Waals surface area (Å²) in [4.78, 5) is 24.0. The quantitative estimate of drug-likeness (QED) is 0.443. The minimum atomic E-state index is -0.533. The molecule has 0 heterocycles. The van der Waals surface area contributed by atoms with Crippen LogP contribution in [0, 0.1) is 11.3 Å². The van der Waals surface area contributed by atoms with E-state index < -0.39 is 11.9 Å². The Morgan fingerprint density at radius 3 is 2.29 bits per heavy atom. The fraction of sp³-hybridized carbons (Fsp3) is 0.227. The van der Waals surface area contributed by atoms with Crippen molar-refractivity contribution in [1.82, 2.24) is 0 Å². The van der Waals surface area contributed by atoms with E-state index in [4.69, 9.17) is 9.47 Å². The Morgan fingerprint density at radius 1 is 1.11 bits per heavy atom. The van der Waals surface area contributed by atoms with Crippen LogP contribution in [0.15, 0.2) is 54.1 Å². The number of carbonyl (C=O) groups excluding carboxylic acids is 2. The molecule has 144 valence electrons. The van der Waals surface area contributed by atoms with E-state index in [1.54, 1.807) is 55.5 Å². The number of amides is 1. The normalized spacial score (nSPS) is 10.9. The third kappa shape index (κ3) is 5.99. The third-order valence-corrected chi connectivity index (χ3v) is 3.58. The van der Waals surface area contributed by atoms with E-state index in [2.05, 4.69) is 5.32 Å². The summed E-state index contributed by atoms with van der Waals surface area (Å²) in [6, 6.07) is 15.3. The third-order valence-electron chi connectivity index (χ3n) is 3.58. The van der Waals surface area contributed by atoms with Crippen molar-refractivity contribution in [2.24, 2.45) is 0 Å². The Morgan fingerprint density at radius 2 is 1.75 bits per heavy atom. The van der Waals surface area contributed by atoms with Gasteiger partial charge in [-0.05, 0) is 68.8 Å². The van der Waals surface area contributed by atoms with Crippen LogP contribution in [0.1, 0.15) is 36.7 Å². The maximum Gasteiger partial charge on any atom is 0.338 e. The number of anilines is 1. The number of nitrogens with zero attached hydrogens (tertiary/aromatic N) is 1. The molecule has 0 aliphatic rings. The first-order chi connectivity index (χ1) is 13.4. The zero-order valence-corrected chi connectivity index (χ0v) is 16.1. The number of esters is 1. The molecule has 1 amide bonds. The summed E-state index contributed by atoms with van der Waals surface area (Å²) in [5.74, 6) is -0.242. The van der Waals surface area contributed by atoms with Crippen LogP contribution in [-0.4, -0.2) is 24.6 Å². The second kappa shape index (κ2) is 9.93. The molecule has 2 rings (SSSR count). The van der Waals surface area contributed by atoms with E-state index in [1.165, 1.54) is 6.08 Å². The Kier molecular flexibility index (Phi) is 7.35. The van der Waals surface area contributed by atoms with Gasteiger partial charge < -0.3 is 14.8 Å². The molecule has 0 aromatic heterocycles. The average Bonchev–Trinajstić information content (AvgIpc) is 2.67. The summed E-state index contributed by atoms with van der Waals surface area (Å²) in [7, 11) is 0. The first-order valence-corrected chi connectivity index (χ1v) is 8.90. The largest absolute Gasteiger partial charge is 0.491 e. The zero-order chi connectivity index (χ0) is 20.5. The maximum absolute atomic E-state index is 12.4. The van der Waals surface area contributed by atoms with Gasteiger partial charge in [0, 0.05) is 5.69 Å². The van der Waals surface area contributed by atoms with Crippen molar-refractivity contribution in [1.29, 1.82) is 5.26 Å². The highest BCUT2D eigenvalue weighted by Gasteiger charge is 2.11. The fourth-order valence-electron chi connectivity index (χ4n) is 2.33. The summed E-state index contributed by atoms with van der Waals surface area (Å²) in [6.07, 6.45) is 1.57. The molecule has 0 saturated carbocycles. The molecule has 0 spiro atoms. The number of nitrogens with one attached hydrogen (secondary N) is 1. The maximum atomic E-state index is 12.4. The topological polar surface area (TPSA) is 88.4 Å². The number of hydrogen-bond donors (Lipinski definition) is 1. The molecule has 2 aromatic carbocycles. The van der Waals surface area contributed by atoms with E-state index in [0.717, 1.165) is 5.75 Å². The van der Waals surface area contributed by atoms with Gasteiger partial charge in [0.05, 0.1) is 18.3 Å². The smallest absolute Gasteiger partial charge is 0.338 e. The van der Waals surface area contributed by atoms with Crippen molar-refractivity contribution < 1.29 is 19.1 Å². The predicted molar refractivity (Wildman–Crippen MR) is 107 cm³/mol. The van der Waals surface area contributed by atoms with Gasteiger partial charge in [0.1, 0.15) is 17.4 Å². The molecular weight excluding hydrogens is 356 g/mol. The van der Waals surface area contributed by atoms with E-state index >= 15 is 0 Å². The van der Waals surface area contributed by atoms with Crippen molar-refractivity contribution in [2.45, 2.75) is 26.9 Å². The second-order valence-corrected chi connectivity index (χ2v) is 6.16. The number of carbonyl (C=O) groups is 2. The summed E-state index contributed by atoms with van der Waals surface area (Å²) in [5.41, 5.74) is 1.53. The predicted octanol–water partition coefficient (Wildman–Crippen LogP) is 4.20. The van der Waals surface area contributed by atoms with Crippen molar-refractivity contribution >= 4 is 23.6 Å². The molecule has 2 aromatic rings. The molecule has 6 nitrogen and oxygen atoms in total. The molecule has 0 radical (unpaired) electrons. The van der Waals surface area contributed by atoms with Gasteiger partial charge >= 0.3 is 5.97 Å². The number of rotatable bonds is 7. The fourth-order valence-corrected chi connectivity index (χ4v) is 2.33. The highest BCUT2D eigenvalue weighted by atomic mass is 16.5. The van der Waals surface area contributed by atoms with Crippen LogP contribution in [0.5, 0.6) is 5.75 Å². The number of ether oxygens (including phenoxy) is 2. The van der Waals surface area contributed by atoms with Crippen molar-refractivity contribution in [2.75, 3.05) is 11.9 Å². The summed E-state index contributed by atoms with van der Waals surface area (Å²) in [6.45, 7) is 5.89. The Hall–Kier alpha value is -3.59. The summed E-state index contributed by atoms with van der Waals surface area (Å²) >= 11 is 0. The Balaban J connectivity index is 2.07. The van der Waals surface area contributed by atoms with Gasteiger partial charge in [-0.25, -0.2) is 4.79 Å². The molecule has 0 fully saturated rings. The van der Waals surface area contributed by atoms with Gasteiger partial charge in [-0.1, -0.05) is 12.1 Å². The highest BCUT2D eigenvalue weighted by molar-refractivity contribution is 6.09. The molecule has 0 atom stereocenters. The van der Waals surface area contributed by atoms with Gasteiger partial charge in [0.25, 0.3) is 5.91 Å². The van der Waals surface area contributed by atoms with Crippen LogP contribution < -0.4 is 10.1 Å². The van der Waals surface area contributed by atoms with Crippen LogP contribution in [0.4, 0.5) is 5.69 Å². The van der Waals surface area contributed by atoms with Crippen LogP contribution in [-0.2, 0) is 9.53 Å². The first kappa shape index (κ1) is 20.7. The van der Waals surface area contributed by atoms with Crippen molar-refractivity contribution in [3.05, 3.63) is 65.2 Å². The number of hydrogen-bond acceptors (Lipinski definition) is 5. The van der Waals surface area contributed by atoms with E-state index in [0.29, 0.717) is 16.8 Å². The Bertz CT molecular complexity index is 892. The van der Waals surface area contributed by atoms with Crippen LogP contribution in [0.3, 0.4) is 0 Å². The first-order valence-electron chi connectivity index (χ1n) is 8.90. The minimum absolute atomic E-state index is 0.0352. The molecule has 0 unspecified atom stereocenters. The molecule has 0 aliphatic carbocycles. The molecular formula is C22H22N2O4. The van der Waals surface area contributed by atoms with Crippen LogP contribution >= 0.6 is 0 Å². The lowest BCUT2D eigenvalue weighted by Crippen LogP contribution is -2.13. The number of benzene rings is 2. The van der Waals surface area contributed by atoms with Gasteiger partial charge in [-0.15, -0.1) is 0 Å². The molecule has 0 saturated heterocycles. The van der Waals surface area contributed by atoms with Crippen molar-refractivity contribution in [3.8, 4) is 11.8 Å². The van der Waals surface area contributed by atoms with Gasteiger partial charge in [0.15, 0.2) is 0 Å². The SMILES string of the molecule is CCOC(=O)c1ccc(NC(=O)/C(C#N)=C/c2ccc(OC(C)C)cc2)cc1. The average molecular weight is 378 g/mol. The number of nitriles is 1. The highest BCUT2D eigenvalue weighted by Crippen LogP contribution is 2.17. The monoisotopic (exact) mass is 378 g/mol. The van der Waals surface area contributed by atoms with Gasteiger partial charge in [0.2, 0.25) is 0 Å². The molecule has 0 aliphatic heterocycles. The summed E-state index contributed by atoms with van der Waals surface area (Å²) in [5, 5.41) is 12.0. The lowest BCUT2D eigenvalue weighted by Gasteiger charge is -2.09. The molecule has 6 heteroatoms. The lowest BCUT2D eigenvalue weighted by molar-refractivity contribution is -0.112. The minimum Gasteiger partial charge on any atom is -0.491 e. The molecule has 28 heavy (non-hydrogen) atoms. The van der Waals surface area contributed by atoms with E-state index in [-0.39, 0.29) is 18.3 Å². The van der Waals surface area contributed by atoms with Gasteiger partial charge in [-0.2, -0.15) is 5.26 Å². The van der Waals surface area contributed by atoms with Gasteiger partial charge in [-0.3, -0.25) is 4.79 Å².